The molecule has 218 valence electrons. The van der Waals surface area contributed by atoms with Crippen LogP contribution in [0.3, 0.4) is 0 Å². The topological polar surface area (TPSA) is 125 Å². The van der Waals surface area contributed by atoms with Gasteiger partial charge in [-0.05, 0) is 36.1 Å². The van der Waals surface area contributed by atoms with E-state index in [1.54, 1.807) is 0 Å². The molecule has 3 rings (SSSR count). The van der Waals surface area contributed by atoms with Crippen LogP contribution >= 0.6 is 0 Å². The molecule has 3 amide bonds. The molecule has 0 bridgehead atoms. The van der Waals surface area contributed by atoms with Gasteiger partial charge >= 0.3 is 24.4 Å². The fraction of sp³-hybridized carbons (Fsp3) is 0.423. The van der Waals surface area contributed by atoms with Crippen molar-refractivity contribution < 1.29 is 45.8 Å². The number of benzene rings is 2. The summed E-state index contributed by atoms with van der Waals surface area (Å²) in [6, 6.07) is 6.93. The predicted molar refractivity (Wildman–Crippen MR) is 133 cm³/mol. The van der Waals surface area contributed by atoms with Crippen LogP contribution < -0.4 is 16.4 Å². The van der Waals surface area contributed by atoms with Gasteiger partial charge in [0, 0.05) is 13.0 Å². The molecule has 0 aromatic heterocycles. The van der Waals surface area contributed by atoms with Crippen LogP contribution in [0.25, 0.3) is 0 Å². The molecule has 1 aliphatic rings. The molecule has 1 fully saturated rings. The molecule has 2 aromatic rings. The minimum absolute atomic E-state index is 0.388. The number of urea groups is 1. The van der Waals surface area contributed by atoms with Crippen LogP contribution in [0.4, 0.5) is 42.5 Å². The highest BCUT2D eigenvalue weighted by Crippen LogP contribution is 2.47. The number of nitrogens with zero attached hydrogens (tertiary/aromatic N) is 1. The van der Waals surface area contributed by atoms with E-state index in [4.69, 9.17) is 5.73 Å². The average Bonchev–Trinajstić information content (AvgIpc) is 2.82. The van der Waals surface area contributed by atoms with Crippen LogP contribution in [-0.2, 0) is 21.9 Å². The Balaban J connectivity index is 2.16. The Labute approximate surface area is 225 Å². The van der Waals surface area contributed by atoms with E-state index in [0.717, 1.165) is 41.3 Å². The fourth-order valence-electron chi connectivity index (χ4n) is 4.90. The van der Waals surface area contributed by atoms with E-state index in [-0.39, 0.29) is 6.42 Å². The molecular weight excluding hydrogens is 546 g/mol. The standard InChI is InChI=1S/C26H28F6N4O4/c1-22(2,3)24(19(37)34-17-10-6-4-8-15(17)25(27,28)29)14-23(33,20(38)39)12-13-36(24)21(40)35-18-11-7-5-9-16(18)26(30,31)32/h4-11H,12-14,33H2,1-3H3,(H,34,37)(H,35,40)(H,38,39). The molecule has 2 atom stereocenters. The maximum absolute atomic E-state index is 14.0. The zero-order valence-corrected chi connectivity index (χ0v) is 21.7. The van der Waals surface area contributed by atoms with Crippen molar-refractivity contribution in [3.05, 3.63) is 59.7 Å². The normalized spacial score (nSPS) is 22.0. The number of piperidine rings is 1. The molecule has 0 spiro atoms. The number of amides is 3. The zero-order valence-electron chi connectivity index (χ0n) is 21.7. The van der Waals surface area contributed by atoms with Gasteiger partial charge in [0.25, 0.3) is 5.91 Å². The largest absolute Gasteiger partial charge is 0.480 e. The zero-order chi connectivity index (χ0) is 30.3. The minimum atomic E-state index is -4.87. The van der Waals surface area contributed by atoms with Gasteiger partial charge in [0.15, 0.2) is 0 Å². The van der Waals surface area contributed by atoms with E-state index in [9.17, 15) is 45.8 Å². The number of likely N-dealkylation sites (tertiary alicyclic amines) is 1. The quantitative estimate of drug-likeness (QED) is 0.356. The average molecular weight is 575 g/mol. The van der Waals surface area contributed by atoms with Crippen molar-refractivity contribution in [2.75, 3.05) is 17.2 Å². The Morgan fingerprint density at radius 1 is 0.850 bits per heavy atom. The number of carbonyl (C=O) groups is 3. The van der Waals surface area contributed by atoms with Crippen LogP contribution in [0.15, 0.2) is 48.5 Å². The van der Waals surface area contributed by atoms with Crippen LogP contribution in [0.2, 0.25) is 0 Å². The molecule has 2 aromatic carbocycles. The van der Waals surface area contributed by atoms with Crippen LogP contribution in [0, 0.1) is 5.41 Å². The molecule has 1 saturated heterocycles. The number of alkyl halides is 6. The molecule has 1 aliphatic heterocycles. The molecule has 40 heavy (non-hydrogen) atoms. The molecule has 8 nitrogen and oxygen atoms in total. The Hall–Kier alpha value is -3.81. The molecule has 1 heterocycles. The molecule has 0 aliphatic carbocycles. The number of nitrogens with one attached hydrogen (secondary N) is 2. The van der Waals surface area contributed by atoms with Gasteiger partial charge in [-0.25, -0.2) is 4.79 Å². The lowest BCUT2D eigenvalue weighted by atomic mass is 9.62. The van der Waals surface area contributed by atoms with Gasteiger partial charge in [-0.2, -0.15) is 26.3 Å². The van der Waals surface area contributed by atoms with Gasteiger partial charge in [-0.1, -0.05) is 45.0 Å². The maximum atomic E-state index is 14.0. The summed E-state index contributed by atoms with van der Waals surface area (Å²) >= 11 is 0. The molecule has 14 heteroatoms. The van der Waals surface area contributed by atoms with Gasteiger partial charge in [0.2, 0.25) is 0 Å². The van der Waals surface area contributed by atoms with Crippen molar-refractivity contribution in [2.24, 2.45) is 11.1 Å². The Morgan fingerprint density at radius 3 is 1.73 bits per heavy atom. The number of halogens is 6. The summed E-state index contributed by atoms with van der Waals surface area (Å²) in [7, 11) is 0. The molecule has 2 unspecified atom stereocenters. The van der Waals surface area contributed by atoms with Crippen molar-refractivity contribution in [1.82, 2.24) is 4.90 Å². The number of hydrogen-bond acceptors (Lipinski definition) is 4. The number of rotatable bonds is 4. The third-order valence-corrected chi connectivity index (χ3v) is 7.06. The summed E-state index contributed by atoms with van der Waals surface area (Å²) < 4.78 is 81.7. The number of nitrogens with two attached hydrogens (primary N) is 1. The highest BCUT2D eigenvalue weighted by molar-refractivity contribution is 6.04. The number of para-hydroxylation sites is 2. The summed E-state index contributed by atoms with van der Waals surface area (Å²) in [5.41, 5.74) is -3.23. The van der Waals surface area contributed by atoms with Crippen molar-refractivity contribution >= 4 is 29.3 Å². The Bertz CT molecular complexity index is 1310. The van der Waals surface area contributed by atoms with E-state index in [1.807, 2.05) is 0 Å². The first-order chi connectivity index (χ1) is 18.2. The number of aliphatic carboxylic acids is 1. The number of hydrogen-bond donors (Lipinski definition) is 4. The van der Waals surface area contributed by atoms with E-state index in [1.165, 1.54) is 32.9 Å². The number of carboxylic acid groups (broad SMARTS) is 1. The van der Waals surface area contributed by atoms with E-state index in [0.29, 0.717) is 0 Å². The lowest BCUT2D eigenvalue weighted by Crippen LogP contribution is -2.74. The van der Waals surface area contributed by atoms with Gasteiger partial charge < -0.3 is 26.4 Å². The maximum Gasteiger partial charge on any atom is 0.418 e. The fourth-order valence-corrected chi connectivity index (χ4v) is 4.90. The third-order valence-electron chi connectivity index (χ3n) is 7.06. The van der Waals surface area contributed by atoms with E-state index < -0.39 is 82.2 Å². The van der Waals surface area contributed by atoms with Gasteiger partial charge in [-0.3, -0.25) is 9.59 Å². The molecule has 0 radical (unpaired) electrons. The van der Waals surface area contributed by atoms with Crippen LogP contribution in [0.5, 0.6) is 0 Å². The minimum Gasteiger partial charge on any atom is -0.480 e. The Morgan fingerprint density at radius 2 is 1.30 bits per heavy atom. The summed E-state index contributed by atoms with van der Waals surface area (Å²) in [5.74, 6) is -2.71. The second-order valence-corrected chi connectivity index (χ2v) is 10.6. The first kappa shape index (κ1) is 30.7. The smallest absolute Gasteiger partial charge is 0.418 e. The number of carbonyl (C=O) groups excluding carboxylic acids is 2. The summed E-state index contributed by atoms with van der Waals surface area (Å²) in [6.45, 7) is 3.83. The lowest BCUT2D eigenvalue weighted by Gasteiger charge is -2.56. The van der Waals surface area contributed by atoms with E-state index in [2.05, 4.69) is 10.6 Å². The predicted octanol–water partition coefficient (Wildman–Crippen LogP) is 5.56. The number of anilines is 2. The van der Waals surface area contributed by atoms with Crippen LogP contribution in [0.1, 0.15) is 44.7 Å². The van der Waals surface area contributed by atoms with Crippen molar-refractivity contribution in [3.63, 3.8) is 0 Å². The second kappa shape index (κ2) is 10.3. The van der Waals surface area contributed by atoms with Crippen molar-refractivity contribution in [2.45, 2.75) is 57.0 Å². The summed E-state index contributed by atoms with van der Waals surface area (Å²) in [5, 5.41) is 14.2. The second-order valence-electron chi connectivity index (χ2n) is 10.6. The highest BCUT2D eigenvalue weighted by atomic mass is 19.4. The summed E-state index contributed by atoms with van der Waals surface area (Å²) in [6.07, 6.45) is -10.8. The third kappa shape index (κ3) is 5.71. The molecular formula is C26H28F6N4O4. The first-order valence-electron chi connectivity index (χ1n) is 12.0. The first-order valence-corrected chi connectivity index (χ1v) is 12.0. The Kier molecular flexibility index (Phi) is 7.91. The SMILES string of the molecule is CC(C)(C)C1(C(=O)Nc2ccccc2C(F)(F)F)CC(N)(C(=O)O)CCN1C(=O)Nc1ccccc1C(F)(F)F. The van der Waals surface area contributed by atoms with E-state index >= 15 is 0 Å². The number of carboxylic acids is 1. The lowest BCUT2D eigenvalue weighted by molar-refractivity contribution is -0.153. The summed E-state index contributed by atoms with van der Waals surface area (Å²) in [4.78, 5) is 40.5. The van der Waals surface area contributed by atoms with Gasteiger partial charge in [0.05, 0.1) is 22.5 Å². The van der Waals surface area contributed by atoms with Crippen molar-refractivity contribution in [1.29, 1.82) is 0 Å². The van der Waals surface area contributed by atoms with Crippen LogP contribution in [-0.4, -0.2) is 45.5 Å². The van der Waals surface area contributed by atoms with Crippen molar-refractivity contribution in [3.8, 4) is 0 Å². The monoisotopic (exact) mass is 574 g/mol. The van der Waals surface area contributed by atoms with Gasteiger partial charge in [-0.15, -0.1) is 0 Å². The molecule has 5 N–H and O–H groups in total. The highest BCUT2D eigenvalue weighted by Gasteiger charge is 2.62. The van der Waals surface area contributed by atoms with Gasteiger partial charge in [0.1, 0.15) is 11.1 Å². The molecule has 0 saturated carbocycles.